The fourth-order valence-electron chi connectivity index (χ4n) is 3.69. The van der Waals surface area contributed by atoms with Gasteiger partial charge in [-0.25, -0.2) is 5.43 Å². The van der Waals surface area contributed by atoms with Gasteiger partial charge in [-0.1, -0.05) is 18.2 Å². The molecule has 1 aliphatic heterocycles. The standard InChI is InChI=1S/C28H27IN4O7/c1-16-5-4-6-21(17(16)2)32-25(34)14-38-26-20(29)9-19(11-24(26)37-3)13-31-33-28(36)27(35)30-12-18-7-8-22-23(10-18)40-15-39-22/h4-11,13H,12,14-15H2,1-3H3,(H,30,35)(H,32,34)(H,33,36)/b31-13-. The molecule has 4 rings (SSSR count). The van der Waals surface area contributed by atoms with Gasteiger partial charge >= 0.3 is 11.8 Å². The second-order valence-corrected chi connectivity index (χ2v) is 9.85. The molecular weight excluding hydrogens is 631 g/mol. The summed E-state index contributed by atoms with van der Waals surface area (Å²) in [5, 5.41) is 9.24. The van der Waals surface area contributed by atoms with Crippen molar-refractivity contribution in [3.8, 4) is 23.0 Å². The highest BCUT2D eigenvalue weighted by Gasteiger charge is 2.17. The van der Waals surface area contributed by atoms with E-state index in [1.807, 2.05) is 32.0 Å². The minimum Gasteiger partial charge on any atom is -0.493 e. The van der Waals surface area contributed by atoms with Crippen LogP contribution in [0.5, 0.6) is 23.0 Å². The number of carbonyl (C=O) groups excluding carboxylic acids is 3. The van der Waals surface area contributed by atoms with Gasteiger partial charge in [-0.05, 0) is 89.0 Å². The Labute approximate surface area is 244 Å². The van der Waals surface area contributed by atoms with Crippen molar-refractivity contribution >= 4 is 52.2 Å². The smallest absolute Gasteiger partial charge is 0.329 e. The number of ether oxygens (including phenoxy) is 4. The van der Waals surface area contributed by atoms with Gasteiger partial charge in [0, 0.05) is 12.2 Å². The lowest BCUT2D eigenvalue weighted by atomic mass is 10.1. The van der Waals surface area contributed by atoms with Crippen molar-refractivity contribution in [3.05, 3.63) is 74.4 Å². The summed E-state index contributed by atoms with van der Waals surface area (Å²) in [7, 11) is 1.47. The van der Waals surface area contributed by atoms with Crippen LogP contribution in [0.4, 0.5) is 5.69 Å². The first-order valence-electron chi connectivity index (χ1n) is 12.1. The van der Waals surface area contributed by atoms with Crippen molar-refractivity contribution in [1.82, 2.24) is 10.7 Å². The first-order valence-corrected chi connectivity index (χ1v) is 13.2. The molecule has 1 aliphatic rings. The molecule has 0 unspecified atom stereocenters. The SMILES string of the molecule is COc1cc(/C=N\NC(=O)C(=O)NCc2ccc3c(c2)OCO3)cc(I)c1OCC(=O)Nc1cccc(C)c1C. The molecule has 11 nitrogen and oxygen atoms in total. The number of rotatable bonds is 9. The molecule has 0 saturated heterocycles. The largest absolute Gasteiger partial charge is 0.493 e. The van der Waals surface area contributed by atoms with Gasteiger partial charge in [-0.2, -0.15) is 5.10 Å². The maximum absolute atomic E-state index is 12.5. The number of anilines is 1. The number of fused-ring (bicyclic) bond motifs is 1. The van der Waals surface area contributed by atoms with Gasteiger partial charge in [0.15, 0.2) is 29.6 Å². The molecular formula is C28H27IN4O7. The number of amides is 3. The number of benzene rings is 3. The summed E-state index contributed by atoms with van der Waals surface area (Å²) in [6.45, 7) is 3.98. The molecule has 12 heteroatoms. The lowest BCUT2D eigenvalue weighted by Gasteiger charge is -2.14. The van der Waals surface area contributed by atoms with E-state index in [2.05, 4.69) is 43.8 Å². The lowest BCUT2D eigenvalue weighted by molar-refractivity contribution is -0.139. The number of nitrogens with one attached hydrogen (secondary N) is 3. The van der Waals surface area contributed by atoms with Gasteiger partial charge < -0.3 is 29.6 Å². The Bertz CT molecular complexity index is 1480. The average molecular weight is 658 g/mol. The van der Waals surface area contributed by atoms with Crippen LogP contribution in [-0.2, 0) is 20.9 Å². The van der Waals surface area contributed by atoms with Gasteiger partial charge in [-0.15, -0.1) is 0 Å². The summed E-state index contributed by atoms with van der Waals surface area (Å²) in [4.78, 5) is 36.8. The quantitative estimate of drug-likeness (QED) is 0.139. The fourth-order valence-corrected chi connectivity index (χ4v) is 4.48. The lowest BCUT2D eigenvalue weighted by Crippen LogP contribution is -2.37. The Balaban J connectivity index is 1.29. The summed E-state index contributed by atoms with van der Waals surface area (Å²) in [6, 6.07) is 14.3. The third-order valence-electron chi connectivity index (χ3n) is 5.95. The molecule has 3 aromatic carbocycles. The highest BCUT2D eigenvalue weighted by molar-refractivity contribution is 14.1. The number of halogens is 1. The van der Waals surface area contributed by atoms with Crippen LogP contribution in [0.15, 0.2) is 53.6 Å². The van der Waals surface area contributed by atoms with Crippen LogP contribution >= 0.6 is 22.6 Å². The van der Waals surface area contributed by atoms with E-state index in [0.29, 0.717) is 32.1 Å². The summed E-state index contributed by atoms with van der Waals surface area (Å²) >= 11 is 2.05. The van der Waals surface area contributed by atoms with Crippen molar-refractivity contribution in [2.24, 2.45) is 5.10 Å². The van der Waals surface area contributed by atoms with E-state index in [1.165, 1.54) is 13.3 Å². The van der Waals surface area contributed by atoms with E-state index in [-0.39, 0.29) is 25.9 Å². The zero-order valence-electron chi connectivity index (χ0n) is 22.0. The zero-order valence-corrected chi connectivity index (χ0v) is 24.2. The van der Waals surface area contributed by atoms with E-state index in [9.17, 15) is 14.4 Å². The maximum atomic E-state index is 12.5. The highest BCUT2D eigenvalue weighted by Crippen LogP contribution is 2.34. The molecule has 0 fully saturated rings. The summed E-state index contributed by atoms with van der Waals surface area (Å²) < 4.78 is 22.4. The first-order chi connectivity index (χ1) is 19.2. The third-order valence-corrected chi connectivity index (χ3v) is 6.76. The van der Waals surface area contributed by atoms with Crippen LogP contribution in [0.25, 0.3) is 0 Å². The van der Waals surface area contributed by atoms with Crippen molar-refractivity contribution in [2.75, 3.05) is 25.8 Å². The minimum atomic E-state index is -0.923. The molecule has 3 aromatic rings. The van der Waals surface area contributed by atoms with E-state index in [4.69, 9.17) is 18.9 Å². The molecule has 0 radical (unpaired) electrons. The van der Waals surface area contributed by atoms with Gasteiger partial charge in [-0.3, -0.25) is 14.4 Å². The second kappa shape index (κ2) is 13.2. The number of hydrogen-bond acceptors (Lipinski definition) is 8. The van der Waals surface area contributed by atoms with Crippen molar-refractivity contribution in [2.45, 2.75) is 20.4 Å². The minimum absolute atomic E-state index is 0.131. The summed E-state index contributed by atoms with van der Waals surface area (Å²) in [5.74, 6) is -0.0892. The number of hydrogen-bond donors (Lipinski definition) is 3. The molecule has 0 aliphatic carbocycles. The molecule has 40 heavy (non-hydrogen) atoms. The Kier molecular flexibility index (Phi) is 9.43. The Hall–Kier alpha value is -4.33. The topological polar surface area (TPSA) is 137 Å². The predicted molar refractivity (Wildman–Crippen MR) is 156 cm³/mol. The number of methoxy groups -OCH3 is 1. The second-order valence-electron chi connectivity index (χ2n) is 8.69. The third kappa shape index (κ3) is 7.20. The zero-order chi connectivity index (χ0) is 28.6. The van der Waals surface area contributed by atoms with Crippen LogP contribution in [0, 0.1) is 17.4 Å². The van der Waals surface area contributed by atoms with E-state index < -0.39 is 11.8 Å². The maximum Gasteiger partial charge on any atom is 0.329 e. The normalized spacial score (nSPS) is 11.7. The number of hydrazone groups is 1. The van der Waals surface area contributed by atoms with Gasteiger partial charge in [0.1, 0.15) is 0 Å². The van der Waals surface area contributed by atoms with E-state index in [1.54, 1.807) is 30.3 Å². The number of carbonyl (C=O) groups is 3. The van der Waals surface area contributed by atoms with E-state index >= 15 is 0 Å². The Morgan fingerprint density at radius 2 is 1.85 bits per heavy atom. The molecule has 208 valence electrons. The molecule has 0 bridgehead atoms. The van der Waals surface area contributed by atoms with Crippen molar-refractivity contribution in [1.29, 1.82) is 0 Å². The molecule has 3 N–H and O–H groups in total. The Morgan fingerprint density at radius 3 is 2.65 bits per heavy atom. The molecule has 0 atom stereocenters. The molecule has 1 heterocycles. The molecule has 3 amide bonds. The summed E-state index contributed by atoms with van der Waals surface area (Å²) in [5.41, 5.74) is 6.32. The van der Waals surface area contributed by atoms with Gasteiger partial charge in [0.25, 0.3) is 5.91 Å². The van der Waals surface area contributed by atoms with Crippen LogP contribution in [0.3, 0.4) is 0 Å². The summed E-state index contributed by atoms with van der Waals surface area (Å²) in [6.07, 6.45) is 1.37. The number of aryl methyl sites for hydroxylation is 1. The fraction of sp³-hybridized carbons (Fsp3) is 0.214. The monoisotopic (exact) mass is 658 g/mol. The van der Waals surface area contributed by atoms with E-state index in [0.717, 1.165) is 22.4 Å². The van der Waals surface area contributed by atoms with Crippen LogP contribution in [0.1, 0.15) is 22.3 Å². The predicted octanol–water partition coefficient (Wildman–Crippen LogP) is 3.43. The molecule has 0 spiro atoms. The average Bonchev–Trinajstić information content (AvgIpc) is 3.41. The Morgan fingerprint density at radius 1 is 1.05 bits per heavy atom. The number of nitrogens with zero attached hydrogens (tertiary/aromatic N) is 1. The van der Waals surface area contributed by atoms with Gasteiger partial charge in [0.2, 0.25) is 6.79 Å². The van der Waals surface area contributed by atoms with Crippen LogP contribution < -0.4 is 35.0 Å². The van der Waals surface area contributed by atoms with Crippen LogP contribution in [0.2, 0.25) is 0 Å². The van der Waals surface area contributed by atoms with Gasteiger partial charge in [0.05, 0.1) is 16.9 Å². The molecule has 0 saturated carbocycles. The first kappa shape index (κ1) is 28.7. The molecule has 0 aromatic heterocycles. The van der Waals surface area contributed by atoms with Crippen LogP contribution in [-0.4, -0.2) is 44.4 Å². The van der Waals surface area contributed by atoms with Crippen molar-refractivity contribution in [3.63, 3.8) is 0 Å². The van der Waals surface area contributed by atoms with Crippen molar-refractivity contribution < 1.29 is 33.3 Å². The highest BCUT2D eigenvalue weighted by atomic mass is 127.